The van der Waals surface area contributed by atoms with Crippen molar-refractivity contribution in [2.75, 3.05) is 32.6 Å². The summed E-state index contributed by atoms with van der Waals surface area (Å²) in [5.41, 5.74) is 2.26. The molecule has 2 aliphatic rings. The molecular weight excluding hydrogens is 366 g/mol. The van der Waals surface area contributed by atoms with Gasteiger partial charge in [-0.3, -0.25) is 9.79 Å². The average Bonchev–Trinajstić information content (AvgIpc) is 3.17. The Morgan fingerprint density at radius 3 is 2.74 bits per heavy atom. The molecule has 0 unspecified atom stereocenters. The van der Waals surface area contributed by atoms with Crippen LogP contribution < -0.4 is 14.8 Å². The highest BCUT2D eigenvalue weighted by molar-refractivity contribution is 6.31. The van der Waals surface area contributed by atoms with Crippen molar-refractivity contribution in [2.24, 2.45) is 4.99 Å². The third kappa shape index (κ3) is 3.13. The van der Waals surface area contributed by atoms with Gasteiger partial charge < -0.3 is 19.7 Å². The number of aliphatic imine (C=N–C) groups is 1. The standard InChI is InChI=1S/C20H18ClN3O3/c1-26-17-9-14-15(10-18(17)27-2)23-19(24-7-6-22-20(14)24)11-16(25)12-4-3-5-13(21)8-12/h3-5,8-11,23H,6-7H2,1-2H3. The molecule has 2 heterocycles. The molecule has 4 rings (SSSR count). The van der Waals surface area contributed by atoms with Gasteiger partial charge in [0.15, 0.2) is 17.3 Å². The van der Waals surface area contributed by atoms with Gasteiger partial charge in [0.05, 0.1) is 26.5 Å². The molecule has 0 radical (unpaired) electrons. The predicted molar refractivity (Wildman–Crippen MR) is 105 cm³/mol. The van der Waals surface area contributed by atoms with E-state index < -0.39 is 0 Å². The van der Waals surface area contributed by atoms with Crippen LogP contribution in [0, 0.1) is 0 Å². The van der Waals surface area contributed by atoms with E-state index in [0.717, 1.165) is 17.1 Å². The van der Waals surface area contributed by atoms with Crippen molar-refractivity contribution in [2.45, 2.75) is 0 Å². The van der Waals surface area contributed by atoms with E-state index in [1.165, 1.54) is 0 Å². The van der Waals surface area contributed by atoms with Gasteiger partial charge in [0.25, 0.3) is 0 Å². The topological polar surface area (TPSA) is 63.2 Å². The Balaban J connectivity index is 1.75. The number of carbonyl (C=O) groups is 1. The average molecular weight is 384 g/mol. The number of amidine groups is 1. The number of rotatable bonds is 4. The molecule has 0 amide bonds. The zero-order valence-corrected chi connectivity index (χ0v) is 15.7. The first kappa shape index (κ1) is 17.4. The first-order chi connectivity index (χ1) is 13.1. The van der Waals surface area contributed by atoms with Crippen molar-refractivity contribution >= 4 is 28.9 Å². The molecule has 0 aliphatic carbocycles. The molecule has 0 spiro atoms. The van der Waals surface area contributed by atoms with Crippen LogP contribution in [0.2, 0.25) is 5.02 Å². The first-order valence-corrected chi connectivity index (χ1v) is 8.85. The summed E-state index contributed by atoms with van der Waals surface area (Å²) in [6.07, 6.45) is 1.58. The number of hydrogen-bond donors (Lipinski definition) is 1. The second-order valence-electron chi connectivity index (χ2n) is 6.14. The maximum Gasteiger partial charge on any atom is 0.189 e. The number of carbonyl (C=O) groups excluding carboxylic acids is 1. The quantitative estimate of drug-likeness (QED) is 0.646. The molecule has 0 atom stereocenters. The van der Waals surface area contributed by atoms with Crippen LogP contribution in [0.5, 0.6) is 11.5 Å². The van der Waals surface area contributed by atoms with Crippen LogP contribution in [0.25, 0.3) is 0 Å². The molecule has 2 aromatic carbocycles. The molecule has 2 aliphatic heterocycles. The van der Waals surface area contributed by atoms with E-state index in [1.54, 1.807) is 44.6 Å². The molecule has 138 valence electrons. The van der Waals surface area contributed by atoms with Gasteiger partial charge in [-0.05, 0) is 18.2 Å². The highest BCUT2D eigenvalue weighted by Gasteiger charge is 2.31. The zero-order valence-electron chi connectivity index (χ0n) is 15.0. The molecule has 7 heteroatoms. The molecule has 2 aromatic rings. The van der Waals surface area contributed by atoms with Gasteiger partial charge in [0.2, 0.25) is 0 Å². The number of allylic oxidation sites excluding steroid dienone is 1. The van der Waals surface area contributed by atoms with Gasteiger partial charge in [0, 0.05) is 34.8 Å². The van der Waals surface area contributed by atoms with Gasteiger partial charge in [0.1, 0.15) is 11.7 Å². The Morgan fingerprint density at radius 1 is 1.22 bits per heavy atom. The van der Waals surface area contributed by atoms with Crippen molar-refractivity contribution in [1.29, 1.82) is 0 Å². The van der Waals surface area contributed by atoms with Crippen molar-refractivity contribution in [3.8, 4) is 11.5 Å². The van der Waals surface area contributed by atoms with Crippen LogP contribution in [0.1, 0.15) is 15.9 Å². The maximum absolute atomic E-state index is 12.7. The molecule has 0 fully saturated rings. The van der Waals surface area contributed by atoms with Crippen molar-refractivity contribution in [3.05, 3.63) is 64.4 Å². The summed E-state index contributed by atoms with van der Waals surface area (Å²) in [6.45, 7) is 1.36. The van der Waals surface area contributed by atoms with E-state index in [1.807, 2.05) is 17.0 Å². The van der Waals surface area contributed by atoms with Crippen LogP contribution in [0.3, 0.4) is 0 Å². The molecule has 0 saturated carbocycles. The number of ketones is 1. The maximum atomic E-state index is 12.7. The fourth-order valence-corrected chi connectivity index (χ4v) is 3.44. The molecule has 6 nitrogen and oxygen atoms in total. The second kappa shape index (κ2) is 6.96. The number of benzene rings is 2. The first-order valence-electron chi connectivity index (χ1n) is 8.47. The van der Waals surface area contributed by atoms with Crippen LogP contribution in [0.15, 0.2) is 53.3 Å². The van der Waals surface area contributed by atoms with Crippen molar-refractivity contribution < 1.29 is 14.3 Å². The van der Waals surface area contributed by atoms with E-state index in [-0.39, 0.29) is 5.78 Å². The summed E-state index contributed by atoms with van der Waals surface area (Å²) >= 11 is 6.01. The van der Waals surface area contributed by atoms with Gasteiger partial charge in [-0.2, -0.15) is 0 Å². The van der Waals surface area contributed by atoms with Gasteiger partial charge >= 0.3 is 0 Å². The minimum absolute atomic E-state index is 0.129. The number of halogens is 1. The zero-order chi connectivity index (χ0) is 19.0. The molecular formula is C20H18ClN3O3. The van der Waals surface area contributed by atoms with Crippen molar-refractivity contribution in [3.63, 3.8) is 0 Å². The number of nitrogens with one attached hydrogen (secondary N) is 1. The largest absolute Gasteiger partial charge is 0.493 e. The number of anilines is 1. The smallest absolute Gasteiger partial charge is 0.189 e. The SMILES string of the molecule is COc1cc2c(cc1OC)C1=NCCN1C(=CC(=O)c1cccc(Cl)c1)N2. The summed E-state index contributed by atoms with van der Waals surface area (Å²) < 4.78 is 10.8. The van der Waals surface area contributed by atoms with Crippen LogP contribution in [-0.4, -0.2) is 43.8 Å². The summed E-state index contributed by atoms with van der Waals surface area (Å²) in [7, 11) is 3.19. The van der Waals surface area contributed by atoms with Gasteiger partial charge in [-0.1, -0.05) is 23.7 Å². The highest BCUT2D eigenvalue weighted by Crippen LogP contribution is 2.38. The van der Waals surface area contributed by atoms with E-state index >= 15 is 0 Å². The van der Waals surface area contributed by atoms with Crippen LogP contribution in [-0.2, 0) is 0 Å². The van der Waals surface area contributed by atoms with Crippen LogP contribution >= 0.6 is 11.6 Å². The van der Waals surface area contributed by atoms with E-state index in [2.05, 4.69) is 10.3 Å². The summed E-state index contributed by atoms with van der Waals surface area (Å²) in [6, 6.07) is 10.7. The number of fused-ring (bicyclic) bond motifs is 3. The summed E-state index contributed by atoms with van der Waals surface area (Å²) in [4.78, 5) is 19.3. The Bertz CT molecular complexity index is 984. The monoisotopic (exact) mass is 383 g/mol. The lowest BCUT2D eigenvalue weighted by Crippen LogP contribution is -2.36. The molecule has 27 heavy (non-hydrogen) atoms. The Labute approximate surface area is 162 Å². The lowest BCUT2D eigenvalue weighted by atomic mass is 10.1. The van der Waals surface area contributed by atoms with E-state index in [9.17, 15) is 4.79 Å². The van der Waals surface area contributed by atoms with Gasteiger partial charge in [-0.25, -0.2) is 0 Å². The third-order valence-electron chi connectivity index (χ3n) is 4.54. The highest BCUT2D eigenvalue weighted by atomic mass is 35.5. The summed E-state index contributed by atoms with van der Waals surface area (Å²) in [5.74, 6) is 2.60. The second-order valence-corrected chi connectivity index (χ2v) is 6.58. The minimum Gasteiger partial charge on any atom is -0.493 e. The number of ether oxygens (including phenoxy) is 2. The lowest BCUT2D eigenvalue weighted by Gasteiger charge is -2.31. The Morgan fingerprint density at radius 2 is 2.00 bits per heavy atom. The Kier molecular flexibility index (Phi) is 4.49. The fourth-order valence-electron chi connectivity index (χ4n) is 3.25. The third-order valence-corrected chi connectivity index (χ3v) is 4.77. The Hall–Kier alpha value is -2.99. The van der Waals surface area contributed by atoms with Crippen molar-refractivity contribution in [1.82, 2.24) is 4.90 Å². The predicted octanol–water partition coefficient (Wildman–Crippen LogP) is 3.57. The van der Waals surface area contributed by atoms with Gasteiger partial charge in [-0.15, -0.1) is 0 Å². The molecule has 0 aromatic heterocycles. The molecule has 0 saturated heterocycles. The minimum atomic E-state index is -0.129. The van der Waals surface area contributed by atoms with E-state index in [4.69, 9.17) is 21.1 Å². The normalized spacial score (nSPS) is 16.3. The lowest BCUT2D eigenvalue weighted by molar-refractivity contribution is 0.104. The summed E-state index contributed by atoms with van der Waals surface area (Å²) in [5, 5.41) is 3.86. The number of nitrogens with zero attached hydrogens (tertiary/aromatic N) is 2. The van der Waals surface area contributed by atoms with Crippen LogP contribution in [0.4, 0.5) is 5.69 Å². The number of methoxy groups -OCH3 is 2. The van der Waals surface area contributed by atoms with E-state index in [0.29, 0.717) is 41.0 Å². The molecule has 0 bridgehead atoms. The number of hydrogen-bond acceptors (Lipinski definition) is 6. The fraction of sp³-hybridized carbons (Fsp3) is 0.200. The molecule has 1 N–H and O–H groups in total.